The molecule has 1 aromatic rings. The first-order valence-electron chi connectivity index (χ1n) is 7.89. The Morgan fingerprint density at radius 2 is 2.10 bits per heavy atom. The van der Waals surface area contributed by atoms with E-state index < -0.39 is 0 Å². The number of nitrogens with one attached hydrogen (secondary N) is 1. The van der Waals surface area contributed by atoms with E-state index in [9.17, 15) is 0 Å². The molecule has 1 spiro atoms. The fraction of sp³-hybridized carbons (Fsp3) is 0.647. The lowest BCUT2D eigenvalue weighted by atomic mass is 9.85. The molecule has 1 N–H and O–H groups in total. The molecule has 1 aliphatic carbocycles. The van der Waals surface area contributed by atoms with Crippen LogP contribution in [0.25, 0.3) is 0 Å². The molecule has 0 aromatic heterocycles. The third-order valence-corrected chi connectivity index (χ3v) is 5.58. The van der Waals surface area contributed by atoms with Crippen LogP contribution in [0, 0.1) is 5.41 Å². The van der Waals surface area contributed by atoms with Crippen LogP contribution in [-0.4, -0.2) is 31.1 Å². The predicted octanol–water partition coefficient (Wildman–Crippen LogP) is 3.17. The van der Waals surface area contributed by atoms with Gasteiger partial charge in [-0.2, -0.15) is 0 Å². The molecule has 0 bridgehead atoms. The molecule has 2 fully saturated rings. The number of nitrogens with zero attached hydrogens (tertiary/aromatic N) is 1. The normalized spacial score (nSPS) is 33.1. The van der Waals surface area contributed by atoms with Gasteiger partial charge in [-0.3, -0.25) is 4.90 Å². The summed E-state index contributed by atoms with van der Waals surface area (Å²) < 4.78 is 0. The van der Waals surface area contributed by atoms with Gasteiger partial charge in [-0.15, -0.1) is 12.4 Å². The first-order chi connectivity index (χ1) is 9.36. The Labute approximate surface area is 128 Å². The molecule has 2 nitrogen and oxygen atoms in total. The maximum absolute atomic E-state index is 3.57. The number of fused-ring (bicyclic) bond motifs is 1. The van der Waals surface area contributed by atoms with Crippen LogP contribution < -0.4 is 5.32 Å². The third kappa shape index (κ3) is 2.38. The first kappa shape index (κ1) is 14.4. The number of likely N-dealkylation sites (tertiary alicyclic amines) is 1. The SMILES string of the molecule is Cl.c1ccc2c(c1)CCCC2N1CCC2(CCNC2)C1. The molecular weight excluding hydrogens is 268 g/mol. The van der Waals surface area contributed by atoms with Crippen LogP contribution in [0.2, 0.25) is 0 Å². The van der Waals surface area contributed by atoms with E-state index in [0.717, 1.165) is 0 Å². The maximum Gasteiger partial charge on any atom is 0.0351 e. The van der Waals surface area contributed by atoms with Crippen LogP contribution >= 0.6 is 12.4 Å². The molecule has 2 saturated heterocycles. The predicted molar refractivity (Wildman–Crippen MR) is 85.5 cm³/mol. The molecule has 2 atom stereocenters. The molecule has 0 saturated carbocycles. The molecule has 20 heavy (non-hydrogen) atoms. The Morgan fingerprint density at radius 3 is 2.95 bits per heavy atom. The second kappa shape index (κ2) is 5.67. The van der Waals surface area contributed by atoms with Gasteiger partial charge >= 0.3 is 0 Å². The van der Waals surface area contributed by atoms with Gasteiger partial charge in [0.25, 0.3) is 0 Å². The number of rotatable bonds is 1. The molecule has 0 amide bonds. The number of hydrogen-bond acceptors (Lipinski definition) is 2. The molecule has 110 valence electrons. The Kier molecular flexibility index (Phi) is 4.07. The van der Waals surface area contributed by atoms with Crippen LogP contribution in [0.15, 0.2) is 24.3 Å². The molecule has 2 unspecified atom stereocenters. The van der Waals surface area contributed by atoms with Crippen molar-refractivity contribution >= 4 is 12.4 Å². The van der Waals surface area contributed by atoms with E-state index in [4.69, 9.17) is 0 Å². The van der Waals surface area contributed by atoms with E-state index in [1.165, 1.54) is 58.3 Å². The fourth-order valence-electron chi connectivity index (χ4n) is 4.49. The summed E-state index contributed by atoms with van der Waals surface area (Å²) in [6.07, 6.45) is 6.80. The minimum absolute atomic E-state index is 0. The van der Waals surface area contributed by atoms with Gasteiger partial charge in [0.1, 0.15) is 0 Å². The van der Waals surface area contributed by atoms with Crippen molar-refractivity contribution in [3.8, 4) is 0 Å². The summed E-state index contributed by atoms with van der Waals surface area (Å²) in [4.78, 5) is 2.78. The largest absolute Gasteiger partial charge is 0.316 e. The maximum atomic E-state index is 3.57. The van der Waals surface area contributed by atoms with Gasteiger partial charge in [0.05, 0.1) is 0 Å². The van der Waals surface area contributed by atoms with Gasteiger partial charge < -0.3 is 5.32 Å². The van der Waals surface area contributed by atoms with Crippen molar-refractivity contribution in [2.24, 2.45) is 5.41 Å². The highest BCUT2D eigenvalue weighted by atomic mass is 35.5. The van der Waals surface area contributed by atoms with Crippen molar-refractivity contribution in [1.29, 1.82) is 0 Å². The van der Waals surface area contributed by atoms with Crippen LogP contribution in [0.4, 0.5) is 0 Å². The minimum atomic E-state index is 0. The van der Waals surface area contributed by atoms with E-state index in [0.29, 0.717) is 11.5 Å². The molecule has 2 heterocycles. The number of halogens is 1. The van der Waals surface area contributed by atoms with Gasteiger partial charge in [-0.1, -0.05) is 24.3 Å². The third-order valence-electron chi connectivity index (χ3n) is 5.58. The lowest BCUT2D eigenvalue weighted by Gasteiger charge is -2.34. The van der Waals surface area contributed by atoms with Crippen LogP contribution in [0.1, 0.15) is 42.9 Å². The fourth-order valence-corrected chi connectivity index (χ4v) is 4.49. The summed E-state index contributed by atoms with van der Waals surface area (Å²) in [7, 11) is 0. The van der Waals surface area contributed by atoms with Crippen molar-refractivity contribution in [3.63, 3.8) is 0 Å². The van der Waals surface area contributed by atoms with Crippen LogP contribution in [-0.2, 0) is 6.42 Å². The molecule has 2 aliphatic heterocycles. The Hall–Kier alpha value is -0.570. The van der Waals surface area contributed by atoms with Crippen molar-refractivity contribution in [2.75, 3.05) is 26.2 Å². The molecule has 3 aliphatic rings. The summed E-state index contributed by atoms with van der Waals surface area (Å²) in [5, 5.41) is 3.57. The summed E-state index contributed by atoms with van der Waals surface area (Å²) in [5.74, 6) is 0. The van der Waals surface area contributed by atoms with Gasteiger partial charge in [0.2, 0.25) is 0 Å². The number of aryl methyl sites for hydroxylation is 1. The van der Waals surface area contributed by atoms with Crippen molar-refractivity contribution in [3.05, 3.63) is 35.4 Å². The highest BCUT2D eigenvalue weighted by Gasteiger charge is 2.42. The zero-order valence-corrected chi connectivity index (χ0v) is 12.9. The highest BCUT2D eigenvalue weighted by molar-refractivity contribution is 5.85. The van der Waals surface area contributed by atoms with E-state index >= 15 is 0 Å². The summed E-state index contributed by atoms with van der Waals surface area (Å²) in [6.45, 7) is 5.10. The molecule has 4 rings (SSSR count). The molecule has 1 aromatic carbocycles. The highest BCUT2D eigenvalue weighted by Crippen LogP contribution is 2.43. The second-order valence-corrected chi connectivity index (χ2v) is 6.75. The van der Waals surface area contributed by atoms with Crippen molar-refractivity contribution in [2.45, 2.75) is 38.1 Å². The topological polar surface area (TPSA) is 15.3 Å². The van der Waals surface area contributed by atoms with E-state index in [-0.39, 0.29) is 12.4 Å². The van der Waals surface area contributed by atoms with Gasteiger partial charge in [-0.05, 0) is 61.7 Å². The average molecular weight is 293 g/mol. The van der Waals surface area contributed by atoms with E-state index in [1.54, 1.807) is 11.1 Å². The Bertz CT molecular complexity index is 468. The van der Waals surface area contributed by atoms with E-state index in [1.807, 2.05) is 0 Å². The van der Waals surface area contributed by atoms with Gasteiger partial charge in [0, 0.05) is 19.1 Å². The summed E-state index contributed by atoms with van der Waals surface area (Å²) in [5.41, 5.74) is 3.83. The lowest BCUT2D eigenvalue weighted by molar-refractivity contribution is 0.193. The minimum Gasteiger partial charge on any atom is -0.316 e. The Morgan fingerprint density at radius 1 is 1.20 bits per heavy atom. The molecule has 3 heteroatoms. The summed E-state index contributed by atoms with van der Waals surface area (Å²) >= 11 is 0. The van der Waals surface area contributed by atoms with E-state index in [2.05, 4.69) is 34.5 Å². The number of hydrogen-bond donors (Lipinski definition) is 1. The smallest absolute Gasteiger partial charge is 0.0351 e. The van der Waals surface area contributed by atoms with Gasteiger partial charge in [0.15, 0.2) is 0 Å². The van der Waals surface area contributed by atoms with Crippen LogP contribution in [0.5, 0.6) is 0 Å². The zero-order chi connectivity index (χ0) is 12.7. The number of benzene rings is 1. The van der Waals surface area contributed by atoms with Crippen molar-refractivity contribution in [1.82, 2.24) is 10.2 Å². The summed E-state index contributed by atoms with van der Waals surface area (Å²) in [6, 6.07) is 9.83. The average Bonchev–Trinajstić information content (AvgIpc) is 3.09. The monoisotopic (exact) mass is 292 g/mol. The first-order valence-corrected chi connectivity index (χ1v) is 7.89. The zero-order valence-electron chi connectivity index (χ0n) is 12.1. The molecule has 0 radical (unpaired) electrons. The van der Waals surface area contributed by atoms with Crippen LogP contribution in [0.3, 0.4) is 0 Å². The standard InChI is InChI=1S/C17H24N2.ClH/c1-2-6-15-14(4-1)5-3-7-16(15)19-11-9-17(13-19)8-10-18-12-17;/h1-2,4,6,16,18H,3,5,7-13H2;1H. The lowest BCUT2D eigenvalue weighted by Crippen LogP contribution is -2.33. The second-order valence-electron chi connectivity index (χ2n) is 6.75. The Balaban J connectivity index is 0.00000121. The van der Waals surface area contributed by atoms with Crippen molar-refractivity contribution < 1.29 is 0 Å². The quantitative estimate of drug-likeness (QED) is 0.855. The molecular formula is C17H25ClN2. The van der Waals surface area contributed by atoms with Gasteiger partial charge in [-0.25, -0.2) is 0 Å².